The maximum absolute atomic E-state index is 11.7. The molecule has 0 spiro atoms. The maximum Gasteiger partial charge on any atom is 0.254 e. The van der Waals surface area contributed by atoms with E-state index in [1.165, 1.54) is 6.20 Å². The van der Waals surface area contributed by atoms with E-state index in [2.05, 4.69) is 27.4 Å². The Morgan fingerprint density at radius 2 is 2.41 bits per heavy atom. The molecule has 0 aromatic carbocycles. The molecule has 0 aliphatic heterocycles. The maximum atomic E-state index is 11.7. The highest BCUT2D eigenvalue weighted by Crippen LogP contribution is 2.18. The number of aromatic nitrogens is 3. The van der Waals surface area contributed by atoms with Crippen molar-refractivity contribution in [3.8, 4) is 0 Å². The van der Waals surface area contributed by atoms with Gasteiger partial charge in [0, 0.05) is 11.1 Å². The van der Waals surface area contributed by atoms with Gasteiger partial charge < -0.3 is 5.32 Å². The molecule has 2 N–H and O–H groups in total. The zero-order chi connectivity index (χ0) is 12.3. The number of carbonyl (C=O) groups excluding carboxylic acids is 1. The number of hydrogen-bond acceptors (Lipinski definition) is 4. The molecule has 0 aliphatic carbocycles. The van der Waals surface area contributed by atoms with Gasteiger partial charge in [-0.25, -0.2) is 4.98 Å². The molecule has 0 aliphatic rings. The monoisotopic (exact) mass is 250 g/mol. The molecule has 6 heteroatoms. The smallest absolute Gasteiger partial charge is 0.254 e. The number of aromatic amines is 1. The first-order chi connectivity index (χ1) is 8.20. The fourth-order valence-corrected chi connectivity index (χ4v) is 2.53. The van der Waals surface area contributed by atoms with E-state index in [0.717, 1.165) is 22.0 Å². The molecule has 0 atom stereocenters. The van der Waals surface area contributed by atoms with Crippen LogP contribution in [0.1, 0.15) is 32.9 Å². The van der Waals surface area contributed by atoms with Gasteiger partial charge in [-0.3, -0.25) is 9.89 Å². The van der Waals surface area contributed by atoms with Gasteiger partial charge in [-0.05, 0) is 13.3 Å². The normalized spacial score (nSPS) is 10.5. The van der Waals surface area contributed by atoms with Crippen molar-refractivity contribution in [1.82, 2.24) is 20.5 Å². The van der Waals surface area contributed by atoms with E-state index in [0.29, 0.717) is 12.1 Å². The minimum absolute atomic E-state index is 0.119. The van der Waals surface area contributed by atoms with Gasteiger partial charge in [-0.1, -0.05) is 6.92 Å². The number of H-pyrrole nitrogens is 1. The van der Waals surface area contributed by atoms with Crippen molar-refractivity contribution in [2.24, 2.45) is 0 Å². The van der Waals surface area contributed by atoms with Crippen molar-refractivity contribution in [3.63, 3.8) is 0 Å². The minimum atomic E-state index is -0.119. The molecule has 0 saturated carbocycles. The quantitative estimate of drug-likeness (QED) is 0.867. The fourth-order valence-electron chi connectivity index (χ4n) is 1.56. The largest absolute Gasteiger partial charge is 0.347 e. The summed E-state index contributed by atoms with van der Waals surface area (Å²) >= 11 is 1.63. The van der Waals surface area contributed by atoms with Gasteiger partial charge in [-0.15, -0.1) is 11.3 Å². The predicted octanol–water partition coefficient (Wildman–Crippen LogP) is 1.67. The number of rotatable bonds is 4. The third kappa shape index (κ3) is 2.71. The Bertz CT molecular complexity index is 504. The first-order valence-corrected chi connectivity index (χ1v) is 6.24. The van der Waals surface area contributed by atoms with Crippen molar-refractivity contribution in [2.45, 2.75) is 26.8 Å². The number of amides is 1. The molecule has 2 aromatic rings. The Labute approximate surface area is 103 Å². The van der Waals surface area contributed by atoms with E-state index in [9.17, 15) is 4.79 Å². The summed E-state index contributed by atoms with van der Waals surface area (Å²) in [6.07, 6.45) is 3.98. The van der Waals surface area contributed by atoms with Crippen LogP contribution in [0.25, 0.3) is 0 Å². The summed E-state index contributed by atoms with van der Waals surface area (Å²) < 4.78 is 0. The summed E-state index contributed by atoms with van der Waals surface area (Å²) in [5.41, 5.74) is 1.62. The van der Waals surface area contributed by atoms with Crippen molar-refractivity contribution in [2.75, 3.05) is 0 Å². The fraction of sp³-hybridized carbons (Fsp3) is 0.364. The van der Waals surface area contributed by atoms with Crippen LogP contribution < -0.4 is 5.32 Å². The SMILES string of the molecule is CCc1nc(C)sc1CNC(=O)c1cn[nH]c1. The van der Waals surface area contributed by atoms with Crippen LogP contribution in [0, 0.1) is 6.92 Å². The Hall–Kier alpha value is -1.69. The lowest BCUT2D eigenvalue weighted by atomic mass is 10.3. The Morgan fingerprint density at radius 1 is 1.59 bits per heavy atom. The number of nitrogens with one attached hydrogen (secondary N) is 2. The second-order valence-corrected chi connectivity index (χ2v) is 4.91. The molecule has 2 heterocycles. The van der Waals surface area contributed by atoms with Crippen LogP contribution >= 0.6 is 11.3 Å². The summed E-state index contributed by atoms with van der Waals surface area (Å²) in [5, 5.41) is 10.3. The number of carbonyl (C=O) groups is 1. The van der Waals surface area contributed by atoms with Crippen molar-refractivity contribution in [1.29, 1.82) is 0 Å². The molecule has 0 fully saturated rings. The Balaban J connectivity index is 2.00. The van der Waals surface area contributed by atoms with Gasteiger partial charge in [0.15, 0.2) is 0 Å². The minimum Gasteiger partial charge on any atom is -0.347 e. The van der Waals surface area contributed by atoms with E-state index in [1.54, 1.807) is 17.5 Å². The average Bonchev–Trinajstić information content (AvgIpc) is 2.94. The molecule has 0 saturated heterocycles. The zero-order valence-electron chi connectivity index (χ0n) is 9.78. The molecule has 90 valence electrons. The molecule has 2 aromatic heterocycles. The molecule has 17 heavy (non-hydrogen) atoms. The van der Waals surface area contributed by atoms with Crippen molar-refractivity contribution >= 4 is 17.2 Å². The Morgan fingerprint density at radius 3 is 3.06 bits per heavy atom. The summed E-state index contributed by atoms with van der Waals surface area (Å²) in [6.45, 7) is 4.57. The first kappa shape index (κ1) is 11.8. The standard InChI is InChI=1S/C11H14N4OS/c1-3-9-10(17-7(2)15-9)6-12-11(16)8-4-13-14-5-8/h4-5H,3,6H2,1-2H3,(H,12,16)(H,13,14). The average molecular weight is 250 g/mol. The lowest BCUT2D eigenvalue weighted by molar-refractivity contribution is 0.0951. The van der Waals surface area contributed by atoms with Crippen LogP contribution in [0.2, 0.25) is 0 Å². The first-order valence-electron chi connectivity index (χ1n) is 5.43. The molecular weight excluding hydrogens is 236 g/mol. The molecule has 1 amide bonds. The van der Waals surface area contributed by atoms with Crippen molar-refractivity contribution in [3.05, 3.63) is 33.5 Å². The van der Waals surface area contributed by atoms with Gasteiger partial charge >= 0.3 is 0 Å². The number of hydrogen-bond donors (Lipinski definition) is 2. The highest BCUT2D eigenvalue weighted by atomic mass is 32.1. The summed E-state index contributed by atoms with van der Waals surface area (Å²) in [4.78, 5) is 17.2. The predicted molar refractivity (Wildman–Crippen MR) is 66.0 cm³/mol. The highest BCUT2D eigenvalue weighted by Gasteiger charge is 2.10. The third-order valence-corrected chi connectivity index (χ3v) is 3.40. The zero-order valence-corrected chi connectivity index (χ0v) is 10.6. The molecular formula is C11H14N4OS. The van der Waals surface area contributed by atoms with Gasteiger partial charge in [0.2, 0.25) is 0 Å². The van der Waals surface area contributed by atoms with Gasteiger partial charge in [0.05, 0.1) is 29.0 Å². The van der Waals surface area contributed by atoms with Crippen LogP contribution in [0.3, 0.4) is 0 Å². The third-order valence-electron chi connectivity index (χ3n) is 2.39. The molecule has 5 nitrogen and oxygen atoms in total. The van der Waals surface area contributed by atoms with E-state index in [1.807, 2.05) is 6.92 Å². The van der Waals surface area contributed by atoms with Gasteiger partial charge in [-0.2, -0.15) is 5.10 Å². The molecule has 2 rings (SSSR count). The van der Waals surface area contributed by atoms with Gasteiger partial charge in [0.25, 0.3) is 5.91 Å². The number of nitrogens with zero attached hydrogens (tertiary/aromatic N) is 2. The lowest BCUT2D eigenvalue weighted by Crippen LogP contribution is -2.22. The van der Waals surface area contributed by atoms with Crippen molar-refractivity contribution < 1.29 is 4.79 Å². The summed E-state index contributed by atoms with van der Waals surface area (Å²) in [5.74, 6) is -0.119. The topological polar surface area (TPSA) is 70.7 Å². The lowest BCUT2D eigenvalue weighted by Gasteiger charge is -2.02. The molecule has 0 bridgehead atoms. The molecule has 0 radical (unpaired) electrons. The Kier molecular flexibility index (Phi) is 3.53. The van der Waals surface area contributed by atoms with Gasteiger partial charge in [0.1, 0.15) is 0 Å². The number of aryl methyl sites for hydroxylation is 2. The van der Waals surface area contributed by atoms with E-state index >= 15 is 0 Å². The van der Waals surface area contributed by atoms with Crippen LogP contribution in [-0.4, -0.2) is 21.1 Å². The van der Waals surface area contributed by atoms with E-state index < -0.39 is 0 Å². The summed E-state index contributed by atoms with van der Waals surface area (Å²) in [7, 11) is 0. The second kappa shape index (κ2) is 5.09. The van der Waals surface area contributed by atoms with Crippen LogP contribution in [-0.2, 0) is 13.0 Å². The van der Waals surface area contributed by atoms with Crippen LogP contribution in [0.5, 0.6) is 0 Å². The molecule has 0 unspecified atom stereocenters. The summed E-state index contributed by atoms with van der Waals surface area (Å²) in [6, 6.07) is 0. The second-order valence-electron chi connectivity index (χ2n) is 3.63. The number of thiazole rings is 1. The van der Waals surface area contributed by atoms with E-state index in [4.69, 9.17) is 0 Å². The van der Waals surface area contributed by atoms with Crippen LogP contribution in [0.15, 0.2) is 12.4 Å². The highest BCUT2D eigenvalue weighted by molar-refractivity contribution is 7.11. The van der Waals surface area contributed by atoms with Crippen LogP contribution in [0.4, 0.5) is 0 Å². The van der Waals surface area contributed by atoms with E-state index in [-0.39, 0.29) is 5.91 Å².